The van der Waals surface area contributed by atoms with Crippen LogP contribution in [0.1, 0.15) is 47.9 Å². The lowest BCUT2D eigenvalue weighted by molar-refractivity contribution is -0.138. The molecule has 2 unspecified atom stereocenters. The number of allylic oxidation sites excluding steroid dienone is 1. The van der Waals surface area contributed by atoms with Gasteiger partial charge < -0.3 is 11.1 Å². The van der Waals surface area contributed by atoms with Crippen LogP contribution in [0.15, 0.2) is 42.9 Å². The van der Waals surface area contributed by atoms with Gasteiger partial charge in [-0.3, -0.25) is 4.98 Å². The van der Waals surface area contributed by atoms with Gasteiger partial charge in [0, 0.05) is 41.6 Å². The third-order valence-corrected chi connectivity index (χ3v) is 6.20. The zero-order valence-corrected chi connectivity index (χ0v) is 16.8. The molecular weight excluding hydrogens is 403 g/mol. The molecule has 3 N–H and O–H groups in total. The Hall–Kier alpha value is -3.00. The third-order valence-electron chi connectivity index (χ3n) is 6.20. The molecular formula is C23H22F3N5. The molecule has 5 nitrogen and oxygen atoms in total. The van der Waals surface area contributed by atoms with E-state index in [0.29, 0.717) is 28.2 Å². The summed E-state index contributed by atoms with van der Waals surface area (Å²) >= 11 is 0. The minimum Gasteiger partial charge on any atom is -0.350 e. The standard InChI is InChI=1S/C23H22F3N5/c24-23(25,26)18-5-3-4-14-15(8-9-16(14)18)17-12-28-10-13-11-29-22(31-21(13)17)30-20-7-2-1-6-19(20)27/h3-5,8,10-12,19-20H,1-2,6-7,9,27H2,(H,29,30,31). The minimum atomic E-state index is -4.39. The summed E-state index contributed by atoms with van der Waals surface area (Å²) in [5.41, 5.74) is 8.61. The average molecular weight is 425 g/mol. The first kappa shape index (κ1) is 19.9. The summed E-state index contributed by atoms with van der Waals surface area (Å²) in [4.78, 5) is 13.4. The van der Waals surface area contributed by atoms with Crippen LogP contribution >= 0.6 is 0 Å². The van der Waals surface area contributed by atoms with Crippen LogP contribution < -0.4 is 11.1 Å². The molecule has 1 fully saturated rings. The second-order valence-corrected chi connectivity index (χ2v) is 8.17. The summed E-state index contributed by atoms with van der Waals surface area (Å²) in [6.07, 6.45) is 6.84. The Bertz CT molecular complexity index is 1170. The molecule has 0 spiro atoms. The predicted molar refractivity (Wildman–Crippen MR) is 113 cm³/mol. The van der Waals surface area contributed by atoms with Crippen LogP contribution in [0.4, 0.5) is 19.1 Å². The Labute approximate surface area is 177 Å². The van der Waals surface area contributed by atoms with Crippen LogP contribution in [-0.2, 0) is 12.6 Å². The molecule has 2 atom stereocenters. The van der Waals surface area contributed by atoms with Gasteiger partial charge in [0.2, 0.25) is 5.95 Å². The zero-order valence-electron chi connectivity index (χ0n) is 16.8. The van der Waals surface area contributed by atoms with Gasteiger partial charge in [0.15, 0.2) is 0 Å². The summed E-state index contributed by atoms with van der Waals surface area (Å²) in [6, 6.07) is 4.47. The number of nitrogens with two attached hydrogens (primary N) is 1. The van der Waals surface area contributed by atoms with Gasteiger partial charge >= 0.3 is 6.18 Å². The number of rotatable bonds is 3. The van der Waals surface area contributed by atoms with E-state index in [1.54, 1.807) is 24.7 Å². The number of hydrogen-bond donors (Lipinski definition) is 2. The fourth-order valence-electron chi connectivity index (χ4n) is 4.62. The number of hydrogen-bond acceptors (Lipinski definition) is 5. The zero-order chi connectivity index (χ0) is 21.6. The van der Waals surface area contributed by atoms with Crippen molar-refractivity contribution in [2.75, 3.05) is 5.32 Å². The molecule has 0 saturated heterocycles. The fraction of sp³-hybridized carbons (Fsp3) is 0.348. The van der Waals surface area contributed by atoms with E-state index in [1.165, 1.54) is 6.07 Å². The molecule has 2 aliphatic carbocycles. The lowest BCUT2D eigenvalue weighted by Gasteiger charge is -2.29. The number of pyridine rings is 1. The van der Waals surface area contributed by atoms with Crippen molar-refractivity contribution in [2.24, 2.45) is 5.73 Å². The molecule has 160 valence electrons. The maximum atomic E-state index is 13.5. The molecule has 1 aromatic carbocycles. The molecule has 5 rings (SSSR count). The summed E-state index contributed by atoms with van der Waals surface area (Å²) in [5.74, 6) is 0.477. The monoisotopic (exact) mass is 425 g/mol. The highest BCUT2D eigenvalue weighted by molar-refractivity contribution is 5.97. The first-order valence-electron chi connectivity index (χ1n) is 10.4. The predicted octanol–water partition coefficient (Wildman–Crippen LogP) is 4.71. The van der Waals surface area contributed by atoms with Gasteiger partial charge in [-0.15, -0.1) is 0 Å². The van der Waals surface area contributed by atoms with E-state index in [4.69, 9.17) is 10.7 Å². The van der Waals surface area contributed by atoms with Crippen LogP contribution in [0.3, 0.4) is 0 Å². The lowest BCUT2D eigenvalue weighted by atomic mass is 9.91. The van der Waals surface area contributed by atoms with Crippen LogP contribution in [0.25, 0.3) is 16.5 Å². The Morgan fingerprint density at radius 1 is 1.03 bits per heavy atom. The van der Waals surface area contributed by atoms with Crippen molar-refractivity contribution in [3.63, 3.8) is 0 Å². The van der Waals surface area contributed by atoms with Gasteiger partial charge in [-0.1, -0.05) is 31.1 Å². The van der Waals surface area contributed by atoms with E-state index >= 15 is 0 Å². The molecule has 2 aliphatic rings. The highest BCUT2D eigenvalue weighted by atomic mass is 19.4. The summed E-state index contributed by atoms with van der Waals surface area (Å²) < 4.78 is 40.4. The van der Waals surface area contributed by atoms with Crippen LogP contribution in [-0.4, -0.2) is 27.0 Å². The number of alkyl halides is 3. The number of nitrogens with zero attached hydrogens (tertiary/aromatic N) is 3. The highest BCUT2D eigenvalue weighted by Crippen LogP contribution is 2.41. The van der Waals surface area contributed by atoms with E-state index in [1.807, 2.05) is 6.08 Å². The molecule has 3 aromatic rings. The van der Waals surface area contributed by atoms with E-state index in [2.05, 4.69) is 15.3 Å². The quantitative estimate of drug-likeness (QED) is 0.635. The third kappa shape index (κ3) is 3.65. The molecule has 31 heavy (non-hydrogen) atoms. The maximum absolute atomic E-state index is 13.5. The normalized spacial score (nSPS) is 21.1. The van der Waals surface area contributed by atoms with E-state index in [0.717, 1.165) is 42.7 Å². The SMILES string of the molecule is NC1CCCCC1Nc1ncc2cncc(C3=CCc4c3cccc4C(F)(F)F)c2n1. The largest absolute Gasteiger partial charge is 0.416 e. The second-order valence-electron chi connectivity index (χ2n) is 8.17. The molecule has 0 aliphatic heterocycles. The highest BCUT2D eigenvalue weighted by Gasteiger charge is 2.35. The second kappa shape index (κ2) is 7.60. The fourth-order valence-corrected chi connectivity index (χ4v) is 4.62. The van der Waals surface area contributed by atoms with Crippen molar-refractivity contribution in [1.29, 1.82) is 0 Å². The summed E-state index contributed by atoms with van der Waals surface area (Å²) in [7, 11) is 0. The van der Waals surface area contributed by atoms with E-state index in [9.17, 15) is 13.2 Å². The van der Waals surface area contributed by atoms with Crippen LogP contribution in [0.2, 0.25) is 0 Å². The van der Waals surface area contributed by atoms with Crippen molar-refractivity contribution >= 4 is 22.4 Å². The molecule has 8 heteroatoms. The summed E-state index contributed by atoms with van der Waals surface area (Å²) in [6.45, 7) is 0. The van der Waals surface area contributed by atoms with Crippen LogP contribution in [0.5, 0.6) is 0 Å². The Morgan fingerprint density at radius 3 is 2.68 bits per heavy atom. The van der Waals surface area contributed by atoms with Gasteiger partial charge in [-0.25, -0.2) is 9.97 Å². The Morgan fingerprint density at radius 2 is 1.87 bits per heavy atom. The van der Waals surface area contributed by atoms with E-state index in [-0.39, 0.29) is 18.5 Å². The molecule has 0 bridgehead atoms. The van der Waals surface area contributed by atoms with Crippen molar-refractivity contribution in [2.45, 2.75) is 50.4 Å². The number of benzene rings is 1. The summed E-state index contributed by atoms with van der Waals surface area (Å²) in [5, 5.41) is 4.09. The van der Waals surface area contributed by atoms with Crippen molar-refractivity contribution in [3.05, 3.63) is 65.1 Å². The Balaban J connectivity index is 1.55. The topological polar surface area (TPSA) is 76.7 Å². The van der Waals surface area contributed by atoms with Crippen LogP contribution in [0, 0.1) is 0 Å². The average Bonchev–Trinajstić information content (AvgIpc) is 3.18. The maximum Gasteiger partial charge on any atom is 0.416 e. The van der Waals surface area contributed by atoms with E-state index < -0.39 is 11.7 Å². The molecule has 0 amide bonds. The first-order valence-corrected chi connectivity index (χ1v) is 10.4. The van der Waals surface area contributed by atoms with Gasteiger partial charge in [0.05, 0.1) is 11.1 Å². The smallest absolute Gasteiger partial charge is 0.350 e. The number of halogens is 3. The number of aromatic nitrogens is 3. The van der Waals surface area contributed by atoms with Gasteiger partial charge in [0.25, 0.3) is 0 Å². The Kier molecular flexibility index (Phi) is 4.89. The molecule has 2 aromatic heterocycles. The first-order chi connectivity index (χ1) is 14.9. The molecule has 0 radical (unpaired) electrons. The van der Waals surface area contributed by atoms with Crippen molar-refractivity contribution in [1.82, 2.24) is 15.0 Å². The number of fused-ring (bicyclic) bond motifs is 2. The van der Waals surface area contributed by atoms with Gasteiger partial charge in [-0.05, 0) is 42.0 Å². The van der Waals surface area contributed by atoms with Crippen molar-refractivity contribution < 1.29 is 13.2 Å². The minimum absolute atomic E-state index is 0.0511. The van der Waals surface area contributed by atoms with Crippen molar-refractivity contribution in [3.8, 4) is 0 Å². The molecule has 2 heterocycles. The molecule has 1 saturated carbocycles. The van der Waals surface area contributed by atoms with Gasteiger partial charge in [-0.2, -0.15) is 13.2 Å². The number of nitrogens with one attached hydrogen (secondary N) is 1. The van der Waals surface area contributed by atoms with Gasteiger partial charge in [0.1, 0.15) is 0 Å². The lowest BCUT2D eigenvalue weighted by Crippen LogP contribution is -2.42. The number of anilines is 1.